The summed E-state index contributed by atoms with van der Waals surface area (Å²) >= 11 is 1.32. The third kappa shape index (κ3) is 4.82. The van der Waals surface area contributed by atoms with Gasteiger partial charge in [-0.05, 0) is 38.3 Å². The molecule has 0 unspecified atom stereocenters. The molecule has 1 amide bonds. The summed E-state index contributed by atoms with van der Waals surface area (Å²) in [5.74, 6) is -0.374. The van der Waals surface area contributed by atoms with Crippen LogP contribution in [0.3, 0.4) is 0 Å². The number of hydrogen-bond donors (Lipinski definition) is 1. The van der Waals surface area contributed by atoms with Crippen molar-refractivity contribution in [1.29, 1.82) is 0 Å². The van der Waals surface area contributed by atoms with E-state index >= 15 is 0 Å². The molecule has 2 rings (SSSR count). The molecule has 2 aromatic heterocycles. The minimum absolute atomic E-state index is 0.374. The predicted molar refractivity (Wildman–Crippen MR) is 91.1 cm³/mol. The first kappa shape index (κ1) is 18.0. The Morgan fingerprint density at radius 1 is 1.33 bits per heavy atom. The van der Waals surface area contributed by atoms with E-state index in [0.717, 1.165) is 5.56 Å². The Morgan fingerprint density at radius 3 is 2.75 bits per heavy atom. The maximum atomic E-state index is 11.7. The second kappa shape index (κ2) is 7.48. The fourth-order valence-electron chi connectivity index (χ4n) is 1.98. The lowest BCUT2D eigenvalue weighted by molar-refractivity contribution is 0.0524. The third-order valence-electron chi connectivity index (χ3n) is 2.96. The highest BCUT2D eigenvalue weighted by molar-refractivity contribution is 7.12. The zero-order valence-corrected chi connectivity index (χ0v) is 15.0. The summed E-state index contributed by atoms with van der Waals surface area (Å²) < 4.78 is 11.6. The SMILES string of the molecule is COC(=O)c1sccc1-c1ccn(CCNC(=O)OC(C)(C)C)n1. The van der Waals surface area contributed by atoms with Crippen molar-refractivity contribution in [3.63, 3.8) is 0 Å². The standard InChI is InChI=1S/C16H21N3O4S/c1-16(2,3)23-15(21)17-7-9-19-8-5-12(18-19)11-6-10-24-13(11)14(20)22-4/h5-6,8,10H,7,9H2,1-4H3,(H,17,21). The van der Waals surface area contributed by atoms with Gasteiger partial charge in [-0.1, -0.05) is 0 Å². The lowest BCUT2D eigenvalue weighted by Crippen LogP contribution is -2.34. The summed E-state index contributed by atoms with van der Waals surface area (Å²) in [6.45, 7) is 6.32. The molecule has 1 N–H and O–H groups in total. The van der Waals surface area contributed by atoms with E-state index in [1.54, 1.807) is 10.9 Å². The van der Waals surface area contributed by atoms with Crippen molar-refractivity contribution >= 4 is 23.4 Å². The average molecular weight is 351 g/mol. The zero-order chi connectivity index (χ0) is 17.7. The third-order valence-corrected chi connectivity index (χ3v) is 3.86. The Balaban J connectivity index is 1.94. The molecular weight excluding hydrogens is 330 g/mol. The first-order chi connectivity index (χ1) is 11.3. The maximum Gasteiger partial charge on any atom is 0.407 e. The predicted octanol–water partition coefficient (Wildman–Crippen LogP) is 2.92. The zero-order valence-electron chi connectivity index (χ0n) is 14.2. The number of carbonyl (C=O) groups excluding carboxylic acids is 2. The fraction of sp³-hybridized carbons (Fsp3) is 0.438. The van der Waals surface area contributed by atoms with Gasteiger partial charge in [0, 0.05) is 18.3 Å². The highest BCUT2D eigenvalue weighted by Crippen LogP contribution is 2.27. The number of thiophene rings is 1. The molecule has 0 saturated heterocycles. The Morgan fingerprint density at radius 2 is 2.08 bits per heavy atom. The minimum atomic E-state index is -0.522. The average Bonchev–Trinajstić information content (AvgIpc) is 3.12. The van der Waals surface area contributed by atoms with Gasteiger partial charge in [0.25, 0.3) is 0 Å². The molecule has 2 heterocycles. The minimum Gasteiger partial charge on any atom is -0.465 e. The largest absolute Gasteiger partial charge is 0.465 e. The van der Waals surface area contributed by atoms with Crippen LogP contribution in [0, 0.1) is 0 Å². The van der Waals surface area contributed by atoms with Crippen LogP contribution in [0.5, 0.6) is 0 Å². The van der Waals surface area contributed by atoms with E-state index < -0.39 is 11.7 Å². The highest BCUT2D eigenvalue weighted by Gasteiger charge is 2.17. The molecule has 0 aliphatic carbocycles. The maximum absolute atomic E-state index is 11.7. The van der Waals surface area contributed by atoms with E-state index in [1.165, 1.54) is 18.4 Å². The number of nitrogens with zero attached hydrogens (tertiary/aromatic N) is 2. The number of carbonyl (C=O) groups is 2. The second-order valence-electron chi connectivity index (χ2n) is 6.05. The van der Waals surface area contributed by atoms with Crippen LogP contribution in [-0.4, -0.2) is 41.1 Å². The number of alkyl carbamates (subject to hydrolysis) is 1. The van der Waals surface area contributed by atoms with Crippen LogP contribution in [-0.2, 0) is 16.0 Å². The van der Waals surface area contributed by atoms with Gasteiger partial charge in [0.2, 0.25) is 0 Å². The normalized spacial score (nSPS) is 11.2. The van der Waals surface area contributed by atoms with Gasteiger partial charge in [0.1, 0.15) is 10.5 Å². The molecule has 8 heteroatoms. The number of amides is 1. The Bertz CT molecular complexity index is 715. The van der Waals surface area contributed by atoms with Gasteiger partial charge < -0.3 is 14.8 Å². The van der Waals surface area contributed by atoms with Gasteiger partial charge in [0.15, 0.2) is 0 Å². The molecule has 0 aromatic carbocycles. The number of hydrogen-bond acceptors (Lipinski definition) is 6. The van der Waals surface area contributed by atoms with Crippen molar-refractivity contribution in [3.8, 4) is 11.3 Å². The summed E-state index contributed by atoms with van der Waals surface area (Å²) in [4.78, 5) is 23.8. The van der Waals surface area contributed by atoms with E-state index in [9.17, 15) is 9.59 Å². The highest BCUT2D eigenvalue weighted by atomic mass is 32.1. The van der Waals surface area contributed by atoms with Crippen LogP contribution in [0.15, 0.2) is 23.7 Å². The molecule has 0 bridgehead atoms. The van der Waals surface area contributed by atoms with Crippen LogP contribution < -0.4 is 5.32 Å². The Kier molecular flexibility index (Phi) is 5.61. The van der Waals surface area contributed by atoms with E-state index in [2.05, 4.69) is 10.4 Å². The molecule has 0 aliphatic heterocycles. The topological polar surface area (TPSA) is 82.5 Å². The lowest BCUT2D eigenvalue weighted by atomic mass is 10.2. The number of rotatable bonds is 5. The summed E-state index contributed by atoms with van der Waals surface area (Å²) in [6.07, 6.45) is 1.34. The Hall–Kier alpha value is -2.35. The van der Waals surface area contributed by atoms with E-state index in [0.29, 0.717) is 23.7 Å². The fourth-order valence-corrected chi connectivity index (χ4v) is 2.80. The van der Waals surface area contributed by atoms with E-state index in [4.69, 9.17) is 9.47 Å². The molecule has 0 aliphatic rings. The van der Waals surface area contributed by atoms with Crippen molar-refractivity contribution in [1.82, 2.24) is 15.1 Å². The van der Waals surface area contributed by atoms with Crippen LogP contribution in [0.4, 0.5) is 4.79 Å². The van der Waals surface area contributed by atoms with Crippen molar-refractivity contribution in [3.05, 3.63) is 28.6 Å². The van der Waals surface area contributed by atoms with Crippen molar-refractivity contribution in [2.45, 2.75) is 32.9 Å². The first-order valence-electron chi connectivity index (χ1n) is 7.46. The number of aromatic nitrogens is 2. The summed E-state index contributed by atoms with van der Waals surface area (Å²) in [7, 11) is 1.35. The summed E-state index contributed by atoms with van der Waals surface area (Å²) in [5, 5.41) is 8.93. The molecule has 2 aromatic rings. The molecule has 7 nitrogen and oxygen atoms in total. The second-order valence-corrected chi connectivity index (χ2v) is 6.96. The molecule has 0 radical (unpaired) electrons. The smallest absolute Gasteiger partial charge is 0.407 e. The molecule has 0 fully saturated rings. The Labute approximate surface area is 144 Å². The van der Waals surface area contributed by atoms with Gasteiger partial charge in [-0.2, -0.15) is 5.10 Å². The van der Waals surface area contributed by atoms with Gasteiger partial charge in [-0.3, -0.25) is 4.68 Å². The first-order valence-corrected chi connectivity index (χ1v) is 8.34. The van der Waals surface area contributed by atoms with Crippen LogP contribution in [0.1, 0.15) is 30.4 Å². The van der Waals surface area contributed by atoms with Crippen LogP contribution in [0.2, 0.25) is 0 Å². The summed E-state index contributed by atoms with van der Waals surface area (Å²) in [6, 6.07) is 3.66. The lowest BCUT2D eigenvalue weighted by Gasteiger charge is -2.19. The van der Waals surface area contributed by atoms with Crippen LogP contribution in [0.25, 0.3) is 11.3 Å². The monoisotopic (exact) mass is 351 g/mol. The molecule has 0 spiro atoms. The van der Waals surface area contributed by atoms with E-state index in [-0.39, 0.29) is 5.97 Å². The quantitative estimate of drug-likeness (QED) is 0.838. The molecule has 0 saturated carbocycles. The van der Waals surface area contributed by atoms with Crippen LogP contribution >= 0.6 is 11.3 Å². The van der Waals surface area contributed by atoms with E-state index in [1.807, 2.05) is 38.3 Å². The van der Waals surface area contributed by atoms with Gasteiger partial charge >= 0.3 is 12.1 Å². The number of esters is 1. The molecular formula is C16H21N3O4S. The van der Waals surface area contributed by atoms with Gasteiger partial charge in [-0.25, -0.2) is 9.59 Å². The van der Waals surface area contributed by atoms with Gasteiger partial charge in [0.05, 0.1) is 19.3 Å². The van der Waals surface area contributed by atoms with Crippen molar-refractivity contribution in [2.75, 3.05) is 13.7 Å². The molecule has 130 valence electrons. The number of nitrogens with one attached hydrogen (secondary N) is 1. The summed E-state index contributed by atoms with van der Waals surface area (Å²) in [5.41, 5.74) is 0.909. The number of methoxy groups -OCH3 is 1. The van der Waals surface area contributed by atoms with Gasteiger partial charge in [-0.15, -0.1) is 11.3 Å². The van der Waals surface area contributed by atoms with Crippen molar-refractivity contribution < 1.29 is 19.1 Å². The van der Waals surface area contributed by atoms with Crippen molar-refractivity contribution in [2.24, 2.45) is 0 Å². The molecule has 0 atom stereocenters. The number of ether oxygens (including phenoxy) is 2. The molecule has 24 heavy (non-hydrogen) atoms.